The smallest absolute Gasteiger partial charge is 0.433 e. The minimum absolute atomic E-state index is 0.0952. The van der Waals surface area contributed by atoms with Crippen molar-refractivity contribution in [2.75, 3.05) is 11.9 Å². The van der Waals surface area contributed by atoms with Crippen LogP contribution in [0.4, 0.5) is 20.4 Å². The molecular formula is C31H24F2N4O6. The van der Waals surface area contributed by atoms with Gasteiger partial charge in [0.1, 0.15) is 27.8 Å². The Kier molecular flexibility index (Phi) is 8.37. The molecule has 0 saturated carbocycles. The SMILES string of the molecule is Cc1ccccc1-c1c2cc(F)c(=O)cc-2oc2cc(NCCCC(=O)N/N=C/C=C/c3ccc([N+](=O)[O-])o3)c(F)cc12. The number of aryl methyl sites for hydroxylation is 1. The van der Waals surface area contributed by atoms with Gasteiger partial charge in [-0.1, -0.05) is 24.3 Å². The van der Waals surface area contributed by atoms with Crippen LogP contribution in [0.15, 0.2) is 85.5 Å². The number of hydrogen-bond donors (Lipinski definition) is 2. The molecule has 0 unspecified atom stereocenters. The van der Waals surface area contributed by atoms with Crippen molar-refractivity contribution in [1.82, 2.24) is 5.43 Å². The van der Waals surface area contributed by atoms with E-state index >= 15 is 4.39 Å². The van der Waals surface area contributed by atoms with Crippen LogP contribution in [0, 0.1) is 28.7 Å². The normalized spacial score (nSPS) is 11.6. The van der Waals surface area contributed by atoms with Gasteiger partial charge in [0.25, 0.3) is 0 Å². The Hall–Kier alpha value is -5.65. The van der Waals surface area contributed by atoms with Crippen molar-refractivity contribution in [1.29, 1.82) is 0 Å². The molecule has 0 atom stereocenters. The highest BCUT2D eigenvalue weighted by atomic mass is 19.1. The molecule has 2 N–H and O–H groups in total. The maximum Gasteiger partial charge on any atom is 0.433 e. The third-order valence-electron chi connectivity index (χ3n) is 6.58. The standard InChI is InChI=1S/C31H24F2N4O6/c1-18-6-2-3-8-20(18)31-21-14-23(32)25(16-27(21)43-28-17-26(38)24(33)15-22(28)31)34-12-5-9-29(39)36-35-13-4-7-19-10-11-30(42-19)37(40)41/h2-4,6-8,10-11,13-17,34H,5,9,12H2,1H3,(H,36,39)/b7-4+,35-13+. The second kappa shape index (κ2) is 12.5. The van der Waals surface area contributed by atoms with Crippen molar-refractivity contribution in [2.24, 2.45) is 5.10 Å². The number of furan rings is 1. The van der Waals surface area contributed by atoms with Crippen LogP contribution in [-0.2, 0) is 4.79 Å². The number of anilines is 1. The van der Waals surface area contributed by atoms with Crippen molar-refractivity contribution in [2.45, 2.75) is 19.8 Å². The summed E-state index contributed by atoms with van der Waals surface area (Å²) >= 11 is 0. The van der Waals surface area contributed by atoms with E-state index in [1.807, 2.05) is 31.2 Å². The zero-order chi connectivity index (χ0) is 30.5. The molecule has 1 aliphatic heterocycles. The van der Waals surface area contributed by atoms with E-state index in [4.69, 9.17) is 8.83 Å². The lowest BCUT2D eigenvalue weighted by Gasteiger charge is -2.18. The number of allylic oxidation sites excluding steroid dienone is 1. The Balaban J connectivity index is 1.26. The Morgan fingerprint density at radius 3 is 2.63 bits per heavy atom. The lowest BCUT2D eigenvalue weighted by atomic mass is 9.91. The van der Waals surface area contributed by atoms with E-state index in [9.17, 15) is 24.1 Å². The molecular weight excluding hydrogens is 562 g/mol. The average Bonchev–Trinajstić information content (AvgIpc) is 3.45. The highest BCUT2D eigenvalue weighted by Crippen LogP contribution is 2.42. The number of carbonyl (C=O) groups is 1. The fourth-order valence-corrected chi connectivity index (χ4v) is 4.54. The van der Waals surface area contributed by atoms with Crippen molar-refractivity contribution < 1.29 is 27.3 Å². The number of nitrogens with one attached hydrogen (secondary N) is 2. The Morgan fingerprint density at radius 1 is 1.05 bits per heavy atom. The summed E-state index contributed by atoms with van der Waals surface area (Å²) in [6.07, 6.45) is 4.63. The van der Waals surface area contributed by atoms with Gasteiger partial charge in [-0.05, 0) is 54.8 Å². The van der Waals surface area contributed by atoms with Gasteiger partial charge in [-0.3, -0.25) is 19.7 Å². The number of nitro groups is 1. The average molecular weight is 587 g/mol. The molecule has 2 heterocycles. The molecule has 0 bridgehead atoms. The lowest BCUT2D eigenvalue weighted by molar-refractivity contribution is -0.402. The van der Waals surface area contributed by atoms with Gasteiger partial charge in [-0.15, -0.1) is 0 Å². The summed E-state index contributed by atoms with van der Waals surface area (Å²) in [7, 11) is 0. The first-order valence-corrected chi connectivity index (χ1v) is 13.1. The number of carbonyl (C=O) groups excluding carboxylic acids is 1. The van der Waals surface area contributed by atoms with Crippen LogP contribution < -0.4 is 16.2 Å². The number of hydrogen-bond acceptors (Lipinski definition) is 8. The van der Waals surface area contributed by atoms with E-state index < -0.39 is 22.0 Å². The molecule has 0 spiro atoms. The fraction of sp³-hybridized carbons (Fsp3) is 0.129. The summed E-state index contributed by atoms with van der Waals surface area (Å²) in [6, 6.07) is 15.0. The molecule has 0 fully saturated rings. The van der Waals surface area contributed by atoms with Gasteiger partial charge in [0.05, 0.1) is 11.8 Å². The molecule has 2 aromatic carbocycles. The molecule has 10 nitrogen and oxygen atoms in total. The van der Waals surface area contributed by atoms with E-state index in [0.29, 0.717) is 28.5 Å². The summed E-state index contributed by atoms with van der Waals surface area (Å²) in [6.45, 7) is 2.14. The van der Waals surface area contributed by atoms with Crippen LogP contribution in [0.2, 0.25) is 0 Å². The molecule has 0 saturated heterocycles. The van der Waals surface area contributed by atoms with Gasteiger partial charge < -0.3 is 14.2 Å². The fourth-order valence-electron chi connectivity index (χ4n) is 4.54. The predicted octanol–water partition coefficient (Wildman–Crippen LogP) is 6.66. The molecule has 218 valence electrons. The van der Waals surface area contributed by atoms with Crippen LogP contribution in [0.5, 0.6) is 0 Å². The first kappa shape index (κ1) is 28.9. The van der Waals surface area contributed by atoms with E-state index in [2.05, 4.69) is 15.8 Å². The monoisotopic (exact) mass is 586 g/mol. The highest BCUT2D eigenvalue weighted by molar-refractivity contribution is 6.03. The number of halogens is 2. The van der Waals surface area contributed by atoms with Crippen LogP contribution in [0.3, 0.4) is 0 Å². The maximum absolute atomic E-state index is 15.3. The number of nitrogens with zero attached hydrogens (tertiary/aromatic N) is 2. The van der Waals surface area contributed by atoms with Gasteiger partial charge in [0.2, 0.25) is 11.3 Å². The summed E-state index contributed by atoms with van der Waals surface area (Å²) in [4.78, 5) is 34.1. The zero-order valence-corrected chi connectivity index (χ0v) is 22.7. The molecule has 3 aromatic rings. The molecule has 2 aliphatic rings. The number of rotatable bonds is 10. The summed E-state index contributed by atoms with van der Waals surface area (Å²) in [5.74, 6) is -1.82. The quantitative estimate of drug-likeness (QED) is 0.0613. The topological polar surface area (TPSA) is 140 Å². The summed E-state index contributed by atoms with van der Waals surface area (Å²) < 4.78 is 40.5. The van der Waals surface area contributed by atoms with Gasteiger partial charge >= 0.3 is 5.88 Å². The second-order valence-corrected chi connectivity index (χ2v) is 9.53. The summed E-state index contributed by atoms with van der Waals surface area (Å²) in [5.41, 5.74) is 4.51. The van der Waals surface area contributed by atoms with Crippen molar-refractivity contribution in [3.05, 3.63) is 110 Å². The lowest BCUT2D eigenvalue weighted by Crippen LogP contribution is -2.18. The van der Waals surface area contributed by atoms with Gasteiger partial charge in [-0.2, -0.15) is 5.10 Å². The van der Waals surface area contributed by atoms with E-state index in [-0.39, 0.29) is 42.0 Å². The number of amides is 1. The van der Waals surface area contributed by atoms with Crippen molar-refractivity contribution >= 4 is 40.7 Å². The molecule has 12 heteroatoms. The first-order chi connectivity index (χ1) is 20.7. The third-order valence-corrected chi connectivity index (χ3v) is 6.58. The minimum atomic E-state index is -0.927. The minimum Gasteiger partial charge on any atom is -0.456 e. The maximum atomic E-state index is 15.3. The zero-order valence-electron chi connectivity index (χ0n) is 22.7. The molecule has 5 rings (SSSR count). The largest absolute Gasteiger partial charge is 0.456 e. The second-order valence-electron chi connectivity index (χ2n) is 9.53. The number of benzene rings is 3. The molecule has 43 heavy (non-hydrogen) atoms. The Labute approximate surface area is 242 Å². The van der Waals surface area contributed by atoms with Crippen LogP contribution in [0.1, 0.15) is 24.2 Å². The predicted molar refractivity (Wildman–Crippen MR) is 158 cm³/mol. The first-order valence-electron chi connectivity index (χ1n) is 13.1. The van der Waals surface area contributed by atoms with E-state index in [1.54, 1.807) is 0 Å². The highest BCUT2D eigenvalue weighted by Gasteiger charge is 2.22. The van der Waals surface area contributed by atoms with Crippen molar-refractivity contribution in [3.63, 3.8) is 0 Å². The van der Waals surface area contributed by atoms with E-state index in [1.165, 1.54) is 42.6 Å². The molecule has 1 amide bonds. The van der Waals surface area contributed by atoms with Crippen LogP contribution in [-0.4, -0.2) is 23.6 Å². The molecule has 1 aliphatic carbocycles. The van der Waals surface area contributed by atoms with Crippen LogP contribution >= 0.6 is 0 Å². The van der Waals surface area contributed by atoms with Gasteiger partial charge in [-0.25, -0.2) is 14.2 Å². The molecule has 0 radical (unpaired) electrons. The summed E-state index contributed by atoms with van der Waals surface area (Å²) in [5, 5.41) is 17.8. The van der Waals surface area contributed by atoms with E-state index in [0.717, 1.165) is 23.3 Å². The Bertz CT molecular complexity index is 1930. The number of fused-ring (bicyclic) bond motifs is 2. The molecule has 1 aromatic heterocycles. The van der Waals surface area contributed by atoms with Crippen LogP contribution in [0.25, 0.3) is 39.5 Å². The third kappa shape index (κ3) is 6.48. The van der Waals surface area contributed by atoms with Gasteiger partial charge in [0.15, 0.2) is 5.82 Å². The van der Waals surface area contributed by atoms with Gasteiger partial charge in [0, 0.05) is 47.8 Å². The Morgan fingerprint density at radius 2 is 1.86 bits per heavy atom. The number of hydrazone groups is 1. The van der Waals surface area contributed by atoms with Crippen molar-refractivity contribution in [3.8, 4) is 22.5 Å².